The molecular weight excluding hydrogens is 330 g/mol. The number of hydrogen-bond donors (Lipinski definition) is 1. The molecule has 2 unspecified atom stereocenters. The molecule has 0 spiro atoms. The average Bonchev–Trinajstić information content (AvgIpc) is 3.14. The first-order valence-corrected chi connectivity index (χ1v) is 9.46. The van der Waals surface area contributed by atoms with E-state index in [1.54, 1.807) is 14.2 Å². The van der Waals surface area contributed by atoms with Crippen LogP contribution in [0, 0.1) is 5.92 Å². The van der Waals surface area contributed by atoms with Crippen molar-refractivity contribution in [1.82, 2.24) is 10.2 Å². The molecule has 6 nitrogen and oxygen atoms in total. The van der Waals surface area contributed by atoms with Crippen molar-refractivity contribution in [2.24, 2.45) is 10.9 Å². The van der Waals surface area contributed by atoms with Crippen LogP contribution < -0.4 is 5.32 Å². The monoisotopic (exact) mass is 363 g/mol. The largest absolute Gasteiger partial charge is 0.382 e. The first-order chi connectivity index (χ1) is 12.8. The van der Waals surface area contributed by atoms with E-state index in [2.05, 4.69) is 29.3 Å². The maximum atomic E-state index is 5.69. The second-order valence-electron chi connectivity index (χ2n) is 6.50. The van der Waals surface area contributed by atoms with Crippen LogP contribution in [0.25, 0.3) is 0 Å². The van der Waals surface area contributed by atoms with Crippen LogP contribution in [0.5, 0.6) is 0 Å². The van der Waals surface area contributed by atoms with Crippen molar-refractivity contribution < 1.29 is 14.2 Å². The Morgan fingerprint density at radius 2 is 2.08 bits per heavy atom. The van der Waals surface area contributed by atoms with Gasteiger partial charge in [0, 0.05) is 39.8 Å². The Morgan fingerprint density at radius 3 is 2.77 bits per heavy atom. The first-order valence-electron chi connectivity index (χ1n) is 9.46. The maximum Gasteiger partial charge on any atom is 0.194 e. The Bertz CT molecular complexity index is 524. The summed E-state index contributed by atoms with van der Waals surface area (Å²) in [5.41, 5.74) is 1.15. The van der Waals surface area contributed by atoms with Crippen molar-refractivity contribution >= 4 is 5.96 Å². The van der Waals surface area contributed by atoms with Crippen LogP contribution in [0.1, 0.15) is 25.0 Å². The fourth-order valence-electron chi connectivity index (χ4n) is 3.13. The predicted molar refractivity (Wildman–Crippen MR) is 105 cm³/mol. The Balaban J connectivity index is 1.90. The third-order valence-corrected chi connectivity index (χ3v) is 4.57. The second kappa shape index (κ2) is 11.9. The van der Waals surface area contributed by atoms with E-state index in [1.165, 1.54) is 0 Å². The quantitative estimate of drug-likeness (QED) is 0.393. The second-order valence-corrected chi connectivity index (χ2v) is 6.50. The molecule has 0 amide bonds. The molecule has 2 atom stereocenters. The highest BCUT2D eigenvalue weighted by Crippen LogP contribution is 2.19. The summed E-state index contributed by atoms with van der Waals surface area (Å²) in [6.07, 6.45) is 1.10. The molecule has 1 heterocycles. The minimum Gasteiger partial charge on any atom is -0.382 e. The van der Waals surface area contributed by atoms with Crippen LogP contribution >= 0.6 is 0 Å². The number of aliphatic imine (C=N–C) groups is 1. The fourth-order valence-corrected chi connectivity index (χ4v) is 3.13. The van der Waals surface area contributed by atoms with Gasteiger partial charge in [0.2, 0.25) is 0 Å². The number of ether oxygens (including phenoxy) is 3. The molecule has 1 aromatic carbocycles. The van der Waals surface area contributed by atoms with Crippen molar-refractivity contribution in [1.29, 1.82) is 0 Å². The van der Waals surface area contributed by atoms with Crippen LogP contribution in [0.3, 0.4) is 0 Å². The minimum atomic E-state index is -0.0272. The lowest BCUT2D eigenvalue weighted by atomic mass is 10.1. The summed E-state index contributed by atoms with van der Waals surface area (Å²) >= 11 is 0. The molecule has 26 heavy (non-hydrogen) atoms. The van der Waals surface area contributed by atoms with E-state index in [-0.39, 0.29) is 6.10 Å². The summed E-state index contributed by atoms with van der Waals surface area (Å²) < 4.78 is 16.3. The van der Waals surface area contributed by atoms with Crippen LogP contribution in [0.2, 0.25) is 0 Å². The Labute approximate surface area is 157 Å². The first kappa shape index (κ1) is 20.7. The zero-order valence-electron chi connectivity index (χ0n) is 16.3. The summed E-state index contributed by atoms with van der Waals surface area (Å²) in [6.45, 7) is 7.63. The molecule has 1 N–H and O–H groups in total. The van der Waals surface area contributed by atoms with Gasteiger partial charge in [-0.05, 0) is 18.9 Å². The van der Waals surface area contributed by atoms with Gasteiger partial charge in [0.05, 0.1) is 26.4 Å². The van der Waals surface area contributed by atoms with E-state index in [1.807, 2.05) is 18.2 Å². The summed E-state index contributed by atoms with van der Waals surface area (Å²) in [5, 5.41) is 3.41. The molecular formula is C20H33N3O3. The van der Waals surface area contributed by atoms with Crippen molar-refractivity contribution in [3.05, 3.63) is 35.9 Å². The number of methoxy groups -OCH3 is 2. The minimum absolute atomic E-state index is 0.0272. The molecule has 0 saturated carbocycles. The Morgan fingerprint density at radius 1 is 1.27 bits per heavy atom. The van der Waals surface area contributed by atoms with Gasteiger partial charge in [0.1, 0.15) is 6.10 Å². The topological polar surface area (TPSA) is 55.3 Å². The highest BCUT2D eigenvalue weighted by Gasteiger charge is 2.25. The number of benzene rings is 1. The maximum absolute atomic E-state index is 5.69. The van der Waals surface area contributed by atoms with Gasteiger partial charge in [0.25, 0.3) is 0 Å². The fraction of sp³-hybridized carbons (Fsp3) is 0.650. The van der Waals surface area contributed by atoms with E-state index in [4.69, 9.17) is 19.2 Å². The standard InChI is InChI=1S/C20H33N3O3/c1-4-21-20(22-14-19(25-3)18-8-6-5-7-9-18)23-11-10-17(15-23)16-26-13-12-24-2/h5-9,17,19H,4,10-16H2,1-3H3,(H,21,22). The molecule has 0 bridgehead atoms. The van der Waals surface area contributed by atoms with Gasteiger partial charge in [-0.3, -0.25) is 4.99 Å². The number of nitrogens with zero attached hydrogens (tertiary/aromatic N) is 2. The van der Waals surface area contributed by atoms with Crippen LogP contribution in [0.15, 0.2) is 35.3 Å². The molecule has 1 aromatic rings. The van der Waals surface area contributed by atoms with Gasteiger partial charge in [-0.1, -0.05) is 30.3 Å². The van der Waals surface area contributed by atoms with Crippen LogP contribution in [-0.2, 0) is 14.2 Å². The van der Waals surface area contributed by atoms with Gasteiger partial charge in [0.15, 0.2) is 5.96 Å². The van der Waals surface area contributed by atoms with Crippen molar-refractivity contribution in [3.8, 4) is 0 Å². The van der Waals surface area contributed by atoms with E-state index in [0.717, 1.165) is 44.2 Å². The molecule has 1 fully saturated rings. The van der Waals surface area contributed by atoms with Gasteiger partial charge >= 0.3 is 0 Å². The van der Waals surface area contributed by atoms with Crippen molar-refractivity contribution in [3.63, 3.8) is 0 Å². The third kappa shape index (κ3) is 6.59. The highest BCUT2D eigenvalue weighted by atomic mass is 16.5. The molecule has 0 aromatic heterocycles. The lowest BCUT2D eigenvalue weighted by Gasteiger charge is -2.23. The smallest absolute Gasteiger partial charge is 0.194 e. The van der Waals surface area contributed by atoms with Crippen LogP contribution in [0.4, 0.5) is 0 Å². The van der Waals surface area contributed by atoms with Gasteiger partial charge in [-0.25, -0.2) is 0 Å². The number of nitrogens with one attached hydrogen (secondary N) is 1. The molecule has 6 heteroatoms. The van der Waals surface area contributed by atoms with E-state index in [9.17, 15) is 0 Å². The number of likely N-dealkylation sites (tertiary alicyclic amines) is 1. The molecule has 0 aliphatic carbocycles. The molecule has 0 radical (unpaired) electrons. The highest BCUT2D eigenvalue weighted by molar-refractivity contribution is 5.80. The summed E-state index contributed by atoms with van der Waals surface area (Å²) in [4.78, 5) is 7.16. The van der Waals surface area contributed by atoms with Crippen molar-refractivity contribution in [2.45, 2.75) is 19.4 Å². The normalized spacial score (nSPS) is 19.0. The van der Waals surface area contributed by atoms with E-state index in [0.29, 0.717) is 25.7 Å². The third-order valence-electron chi connectivity index (χ3n) is 4.57. The zero-order chi connectivity index (χ0) is 18.6. The molecule has 1 aliphatic heterocycles. The summed E-state index contributed by atoms with van der Waals surface area (Å²) in [5.74, 6) is 1.51. The number of rotatable bonds is 10. The lowest BCUT2D eigenvalue weighted by molar-refractivity contribution is 0.0536. The number of guanidine groups is 1. The summed E-state index contributed by atoms with van der Waals surface area (Å²) in [7, 11) is 3.44. The van der Waals surface area contributed by atoms with Gasteiger partial charge in [-0.15, -0.1) is 0 Å². The summed E-state index contributed by atoms with van der Waals surface area (Å²) in [6, 6.07) is 10.2. The van der Waals surface area contributed by atoms with Gasteiger partial charge < -0.3 is 24.4 Å². The number of hydrogen-bond acceptors (Lipinski definition) is 4. The zero-order valence-corrected chi connectivity index (χ0v) is 16.3. The molecule has 1 aliphatic rings. The van der Waals surface area contributed by atoms with Crippen molar-refractivity contribution in [2.75, 3.05) is 60.2 Å². The Kier molecular flexibility index (Phi) is 9.45. The molecule has 2 rings (SSSR count). The van der Waals surface area contributed by atoms with Crippen LogP contribution in [-0.4, -0.2) is 71.1 Å². The van der Waals surface area contributed by atoms with E-state index >= 15 is 0 Å². The average molecular weight is 364 g/mol. The molecule has 146 valence electrons. The van der Waals surface area contributed by atoms with E-state index < -0.39 is 0 Å². The van der Waals surface area contributed by atoms with Gasteiger partial charge in [-0.2, -0.15) is 0 Å². The predicted octanol–water partition coefficient (Wildman–Crippen LogP) is 2.32. The SMILES string of the molecule is CCNC(=NCC(OC)c1ccccc1)N1CCC(COCCOC)C1. The molecule has 1 saturated heterocycles. The Hall–Kier alpha value is -1.63. The lowest BCUT2D eigenvalue weighted by Crippen LogP contribution is -2.40.